The van der Waals surface area contributed by atoms with Crippen molar-refractivity contribution in [3.05, 3.63) is 64.5 Å². The monoisotopic (exact) mass is 435 g/mol. The first kappa shape index (κ1) is 21.2. The van der Waals surface area contributed by atoms with Gasteiger partial charge in [0.05, 0.1) is 0 Å². The quantitative estimate of drug-likeness (QED) is 0.496. The standard InChI is InChI=1S/C24H25N3O3S/c1-26-8-9-27-14-17-2-4-18(5-3-17)15-30-24-20(13-25)21(16-31-24)19-6-7-22-23(12-19)29-11-10-28-22/h2-7,12,16,26-27H,8-11,14-15H2,1H3. The van der Waals surface area contributed by atoms with E-state index >= 15 is 0 Å². The van der Waals surface area contributed by atoms with Gasteiger partial charge in [-0.3, -0.25) is 0 Å². The largest absolute Gasteiger partial charge is 0.486 e. The summed E-state index contributed by atoms with van der Waals surface area (Å²) < 4.78 is 17.3. The SMILES string of the molecule is CNCCNCc1ccc(COc2scc(-c3ccc4c(c3)OCCO4)c2C#N)cc1. The molecule has 0 saturated heterocycles. The van der Waals surface area contributed by atoms with Crippen LogP contribution in [0.15, 0.2) is 47.8 Å². The lowest BCUT2D eigenvalue weighted by Crippen LogP contribution is -2.24. The van der Waals surface area contributed by atoms with Crippen LogP contribution in [0, 0.1) is 11.3 Å². The molecule has 31 heavy (non-hydrogen) atoms. The van der Waals surface area contributed by atoms with E-state index in [9.17, 15) is 5.26 Å². The van der Waals surface area contributed by atoms with Gasteiger partial charge in [0.25, 0.3) is 0 Å². The Kier molecular flexibility index (Phi) is 7.05. The third-order valence-electron chi connectivity index (χ3n) is 5.00. The summed E-state index contributed by atoms with van der Waals surface area (Å²) in [6.45, 7) is 4.23. The number of hydrogen-bond acceptors (Lipinski definition) is 7. The van der Waals surface area contributed by atoms with Crippen LogP contribution in [0.1, 0.15) is 16.7 Å². The minimum atomic E-state index is 0.420. The summed E-state index contributed by atoms with van der Waals surface area (Å²) >= 11 is 1.44. The first-order chi connectivity index (χ1) is 15.3. The second-order valence-corrected chi connectivity index (χ2v) is 8.01. The molecule has 160 valence electrons. The van der Waals surface area contributed by atoms with Crippen molar-refractivity contribution in [2.24, 2.45) is 0 Å². The third kappa shape index (κ3) is 5.17. The zero-order valence-electron chi connectivity index (χ0n) is 17.4. The molecule has 7 heteroatoms. The summed E-state index contributed by atoms with van der Waals surface area (Å²) in [6, 6.07) is 16.4. The van der Waals surface area contributed by atoms with Gasteiger partial charge >= 0.3 is 0 Å². The highest BCUT2D eigenvalue weighted by Gasteiger charge is 2.18. The van der Waals surface area contributed by atoms with E-state index in [2.05, 4.69) is 41.0 Å². The lowest BCUT2D eigenvalue weighted by Gasteiger charge is -2.18. The zero-order chi connectivity index (χ0) is 21.5. The van der Waals surface area contributed by atoms with Crippen LogP contribution in [0.3, 0.4) is 0 Å². The molecule has 0 aliphatic carbocycles. The highest BCUT2D eigenvalue weighted by atomic mass is 32.1. The van der Waals surface area contributed by atoms with Crippen molar-refractivity contribution in [3.8, 4) is 33.8 Å². The lowest BCUT2D eigenvalue weighted by atomic mass is 10.0. The van der Waals surface area contributed by atoms with Gasteiger partial charge in [-0.1, -0.05) is 30.3 Å². The normalized spacial score (nSPS) is 12.4. The molecule has 4 rings (SSSR count). The smallest absolute Gasteiger partial charge is 0.192 e. The predicted molar refractivity (Wildman–Crippen MR) is 122 cm³/mol. The molecular formula is C24H25N3O3S. The Morgan fingerprint density at radius 1 is 1.03 bits per heavy atom. The van der Waals surface area contributed by atoms with Gasteiger partial charge in [0, 0.05) is 30.6 Å². The molecule has 1 aliphatic heterocycles. The van der Waals surface area contributed by atoms with E-state index in [4.69, 9.17) is 14.2 Å². The second-order valence-electron chi connectivity index (χ2n) is 7.17. The maximum atomic E-state index is 9.75. The van der Waals surface area contributed by atoms with Crippen molar-refractivity contribution in [3.63, 3.8) is 0 Å². The van der Waals surface area contributed by atoms with E-state index < -0.39 is 0 Å². The molecule has 0 saturated carbocycles. The Bertz CT molecular complexity index is 1060. The van der Waals surface area contributed by atoms with Gasteiger partial charge < -0.3 is 24.8 Å². The van der Waals surface area contributed by atoms with Gasteiger partial charge in [-0.25, -0.2) is 0 Å². The Hall–Kier alpha value is -3.05. The van der Waals surface area contributed by atoms with Crippen molar-refractivity contribution in [2.45, 2.75) is 13.2 Å². The Balaban J connectivity index is 1.41. The van der Waals surface area contributed by atoms with E-state index in [0.717, 1.165) is 42.1 Å². The van der Waals surface area contributed by atoms with Crippen molar-refractivity contribution in [1.29, 1.82) is 5.26 Å². The molecule has 1 aliphatic rings. The zero-order valence-corrected chi connectivity index (χ0v) is 18.3. The molecule has 0 amide bonds. The summed E-state index contributed by atoms with van der Waals surface area (Å²) in [5.41, 5.74) is 4.61. The predicted octanol–water partition coefficient (Wildman–Crippen LogP) is 3.95. The fraction of sp³-hybridized carbons (Fsp3) is 0.292. The maximum absolute atomic E-state index is 9.75. The average molecular weight is 436 g/mol. The first-order valence-electron chi connectivity index (χ1n) is 10.3. The van der Waals surface area contributed by atoms with Gasteiger partial charge in [-0.15, -0.1) is 11.3 Å². The van der Waals surface area contributed by atoms with Crippen LogP contribution in [0.5, 0.6) is 16.6 Å². The number of fused-ring (bicyclic) bond motifs is 1. The molecule has 0 radical (unpaired) electrons. The topological polar surface area (TPSA) is 75.5 Å². The van der Waals surface area contributed by atoms with Crippen LogP contribution in [-0.4, -0.2) is 33.4 Å². The van der Waals surface area contributed by atoms with Crippen LogP contribution < -0.4 is 24.8 Å². The molecule has 6 nitrogen and oxygen atoms in total. The van der Waals surface area contributed by atoms with E-state index in [1.165, 1.54) is 16.9 Å². The van der Waals surface area contributed by atoms with E-state index in [1.54, 1.807) is 0 Å². The molecule has 0 spiro atoms. The van der Waals surface area contributed by atoms with E-state index in [1.807, 2.05) is 30.6 Å². The molecule has 0 atom stereocenters. The minimum Gasteiger partial charge on any atom is -0.486 e. The number of nitrogens with one attached hydrogen (secondary N) is 2. The van der Waals surface area contributed by atoms with E-state index in [-0.39, 0.29) is 0 Å². The average Bonchev–Trinajstić information content (AvgIpc) is 3.24. The van der Waals surface area contributed by atoms with Crippen molar-refractivity contribution in [2.75, 3.05) is 33.4 Å². The summed E-state index contributed by atoms with van der Waals surface area (Å²) in [6.07, 6.45) is 0. The lowest BCUT2D eigenvalue weighted by molar-refractivity contribution is 0.171. The Morgan fingerprint density at radius 3 is 2.58 bits per heavy atom. The van der Waals surface area contributed by atoms with Gasteiger partial charge in [-0.2, -0.15) is 5.26 Å². The second kappa shape index (κ2) is 10.3. The molecule has 0 bridgehead atoms. The number of benzene rings is 2. The third-order valence-corrected chi connectivity index (χ3v) is 5.89. The minimum absolute atomic E-state index is 0.420. The number of likely N-dealkylation sites (N-methyl/N-ethyl adjacent to an activating group) is 1. The van der Waals surface area contributed by atoms with Gasteiger partial charge in [0.1, 0.15) is 31.5 Å². The van der Waals surface area contributed by atoms with Crippen LogP contribution in [-0.2, 0) is 13.2 Å². The molecule has 0 unspecified atom stereocenters. The van der Waals surface area contributed by atoms with Crippen LogP contribution in [0.4, 0.5) is 0 Å². The molecule has 2 heterocycles. The number of hydrogen-bond donors (Lipinski definition) is 2. The van der Waals surface area contributed by atoms with Crippen molar-refractivity contribution >= 4 is 11.3 Å². The Labute approximate surface area is 186 Å². The van der Waals surface area contributed by atoms with Crippen LogP contribution in [0.2, 0.25) is 0 Å². The fourth-order valence-electron chi connectivity index (χ4n) is 3.32. The number of nitrogens with zero attached hydrogens (tertiary/aromatic N) is 1. The van der Waals surface area contributed by atoms with E-state index in [0.29, 0.717) is 36.2 Å². The van der Waals surface area contributed by atoms with Gasteiger partial charge in [0.2, 0.25) is 0 Å². The van der Waals surface area contributed by atoms with Crippen LogP contribution >= 0.6 is 11.3 Å². The van der Waals surface area contributed by atoms with Crippen LogP contribution in [0.25, 0.3) is 11.1 Å². The maximum Gasteiger partial charge on any atom is 0.192 e. The molecule has 2 aromatic carbocycles. The molecule has 0 fully saturated rings. The number of ether oxygens (including phenoxy) is 3. The Morgan fingerprint density at radius 2 is 1.81 bits per heavy atom. The van der Waals surface area contributed by atoms with Crippen molar-refractivity contribution in [1.82, 2.24) is 10.6 Å². The fourth-order valence-corrected chi connectivity index (χ4v) is 4.20. The molecule has 2 N–H and O–H groups in total. The number of rotatable bonds is 9. The highest BCUT2D eigenvalue weighted by Crippen LogP contribution is 2.40. The summed E-state index contributed by atoms with van der Waals surface area (Å²) in [4.78, 5) is 0. The summed E-state index contributed by atoms with van der Waals surface area (Å²) in [5, 5.41) is 18.8. The number of thiophene rings is 1. The molecule has 3 aromatic rings. The number of nitriles is 1. The summed E-state index contributed by atoms with van der Waals surface area (Å²) in [5.74, 6) is 1.45. The molecular weight excluding hydrogens is 410 g/mol. The van der Waals surface area contributed by atoms with Crippen molar-refractivity contribution < 1.29 is 14.2 Å². The molecule has 1 aromatic heterocycles. The summed E-state index contributed by atoms with van der Waals surface area (Å²) in [7, 11) is 1.95. The van der Waals surface area contributed by atoms with Gasteiger partial charge in [-0.05, 0) is 35.9 Å². The highest BCUT2D eigenvalue weighted by molar-refractivity contribution is 7.12. The van der Waals surface area contributed by atoms with Gasteiger partial charge in [0.15, 0.2) is 16.6 Å². The first-order valence-corrected chi connectivity index (χ1v) is 11.1.